The molecule has 0 saturated carbocycles. The molecule has 2 aromatic carbocycles. The largest absolute Gasteiger partial charge is 0.493 e. The number of hydrogen-bond donors (Lipinski definition) is 0. The smallest absolute Gasteiger partial charge is 0.417 e. The lowest BCUT2D eigenvalue weighted by Crippen LogP contribution is -2.08. The van der Waals surface area contributed by atoms with Crippen LogP contribution in [0.25, 0.3) is 22.3 Å². The fraction of sp³-hybridized carbons (Fsp3) is 0.462. The third-order valence-electron chi connectivity index (χ3n) is 5.37. The molecule has 3 rings (SSSR count). The van der Waals surface area contributed by atoms with E-state index in [1.165, 1.54) is 12.1 Å². The number of furan rings is 1. The second kappa shape index (κ2) is 11.4. The van der Waals surface area contributed by atoms with E-state index in [2.05, 4.69) is 6.92 Å². The summed E-state index contributed by atoms with van der Waals surface area (Å²) in [6.07, 6.45) is 0.877. The van der Waals surface area contributed by atoms with Crippen molar-refractivity contribution in [2.45, 2.75) is 58.5 Å². The van der Waals surface area contributed by atoms with Gasteiger partial charge in [-0.15, -0.1) is 0 Å². The van der Waals surface area contributed by atoms with Gasteiger partial charge in [0.25, 0.3) is 0 Å². The lowest BCUT2D eigenvalue weighted by atomic mass is 9.98. The summed E-state index contributed by atoms with van der Waals surface area (Å²) in [4.78, 5) is 0. The van der Waals surface area contributed by atoms with E-state index in [-0.39, 0.29) is 11.3 Å². The molecule has 0 unspecified atom stereocenters. The highest BCUT2D eigenvalue weighted by Crippen LogP contribution is 2.40. The zero-order chi connectivity index (χ0) is 23.0. The van der Waals surface area contributed by atoms with Crippen molar-refractivity contribution in [3.63, 3.8) is 0 Å². The Bertz CT molecular complexity index is 992. The van der Waals surface area contributed by atoms with Gasteiger partial charge in [-0.05, 0) is 62.4 Å². The summed E-state index contributed by atoms with van der Waals surface area (Å²) in [6, 6.07) is 11.6. The van der Waals surface area contributed by atoms with Crippen molar-refractivity contribution in [1.82, 2.24) is 0 Å². The molecule has 0 fully saturated rings. The number of fused-ring (bicyclic) bond motifs is 1. The highest BCUT2D eigenvalue weighted by Gasteiger charge is 2.34. The zero-order valence-electron chi connectivity index (χ0n) is 18.8. The third-order valence-corrected chi connectivity index (χ3v) is 5.37. The first-order valence-corrected chi connectivity index (χ1v) is 11.4. The first-order valence-electron chi connectivity index (χ1n) is 11.4. The maximum absolute atomic E-state index is 13.8. The number of unbranched alkanes of at least 4 members (excludes halogenated alkanes) is 3. The van der Waals surface area contributed by atoms with Crippen molar-refractivity contribution in [2.75, 3.05) is 19.8 Å². The van der Waals surface area contributed by atoms with Crippen molar-refractivity contribution < 1.29 is 27.1 Å². The minimum Gasteiger partial charge on any atom is -0.493 e. The summed E-state index contributed by atoms with van der Waals surface area (Å²) in [5.74, 6) is 0.846. The number of benzene rings is 2. The lowest BCUT2D eigenvalue weighted by Gasteiger charge is -2.13. The lowest BCUT2D eigenvalue weighted by molar-refractivity contribution is -0.137. The van der Waals surface area contributed by atoms with Crippen LogP contribution in [0.1, 0.15) is 57.1 Å². The van der Waals surface area contributed by atoms with Crippen LogP contribution in [0.4, 0.5) is 13.2 Å². The number of halogens is 3. The van der Waals surface area contributed by atoms with Crippen LogP contribution in [-0.4, -0.2) is 19.8 Å². The number of aryl methyl sites for hydroxylation is 1. The summed E-state index contributed by atoms with van der Waals surface area (Å²) in [5.41, 5.74) is 0.611. The van der Waals surface area contributed by atoms with Crippen molar-refractivity contribution in [2.24, 2.45) is 0 Å². The monoisotopic (exact) mass is 448 g/mol. The number of ether oxygens (including phenoxy) is 2. The van der Waals surface area contributed by atoms with Gasteiger partial charge >= 0.3 is 6.18 Å². The maximum atomic E-state index is 13.8. The summed E-state index contributed by atoms with van der Waals surface area (Å²) in [5, 5.41) is 0.740. The molecule has 0 aliphatic heterocycles. The Morgan fingerprint density at radius 3 is 2.44 bits per heavy atom. The Hall–Kier alpha value is -2.47. The van der Waals surface area contributed by atoms with Crippen molar-refractivity contribution in [3.8, 4) is 17.1 Å². The van der Waals surface area contributed by atoms with E-state index in [0.717, 1.165) is 37.5 Å². The van der Waals surface area contributed by atoms with Gasteiger partial charge < -0.3 is 13.9 Å². The van der Waals surface area contributed by atoms with Crippen molar-refractivity contribution in [1.29, 1.82) is 0 Å². The molecule has 32 heavy (non-hydrogen) atoms. The standard InChI is InChI=1S/C26H31F3O3/c1-3-5-6-9-19-10-13-22(23(16-19)26(27,28)29)25-17-20-11-12-21(18-24(20)32-25)31-15-8-7-14-30-4-2/h10-13,16-18H,3-9,14-15H2,1-2H3. The fourth-order valence-corrected chi connectivity index (χ4v) is 3.65. The minimum absolute atomic E-state index is 0.0614. The van der Waals surface area contributed by atoms with Gasteiger partial charge in [-0.3, -0.25) is 0 Å². The predicted molar refractivity (Wildman–Crippen MR) is 121 cm³/mol. The Kier molecular flexibility index (Phi) is 8.62. The van der Waals surface area contributed by atoms with E-state index in [9.17, 15) is 13.2 Å². The van der Waals surface area contributed by atoms with Crippen LogP contribution in [0.3, 0.4) is 0 Å². The Morgan fingerprint density at radius 2 is 1.69 bits per heavy atom. The first-order chi connectivity index (χ1) is 15.4. The van der Waals surface area contributed by atoms with E-state index in [1.807, 2.05) is 19.1 Å². The van der Waals surface area contributed by atoms with Gasteiger partial charge in [0, 0.05) is 30.2 Å². The summed E-state index contributed by atoms with van der Waals surface area (Å²) in [6.45, 7) is 5.99. The first kappa shape index (κ1) is 24.2. The Balaban J connectivity index is 1.78. The summed E-state index contributed by atoms with van der Waals surface area (Å²) >= 11 is 0. The van der Waals surface area contributed by atoms with E-state index >= 15 is 0 Å². The SMILES string of the molecule is CCCCCc1ccc(-c2cc3ccc(OCCCCOCC)cc3o2)c(C(F)(F)F)c1. The van der Waals surface area contributed by atoms with E-state index in [4.69, 9.17) is 13.9 Å². The molecule has 0 bridgehead atoms. The zero-order valence-corrected chi connectivity index (χ0v) is 18.8. The normalized spacial score (nSPS) is 11.9. The van der Waals surface area contributed by atoms with Crippen LogP contribution in [0.2, 0.25) is 0 Å². The molecule has 0 spiro atoms. The Labute approximate surface area is 187 Å². The quantitative estimate of drug-likeness (QED) is 0.263. The molecule has 174 valence electrons. The average molecular weight is 449 g/mol. The van der Waals surface area contributed by atoms with Crippen LogP contribution in [-0.2, 0) is 17.3 Å². The molecule has 0 aliphatic carbocycles. The molecule has 0 amide bonds. The molecule has 0 aliphatic rings. The minimum atomic E-state index is -4.45. The second-order valence-corrected chi connectivity index (χ2v) is 7.90. The molecular weight excluding hydrogens is 417 g/mol. The number of alkyl halides is 3. The molecule has 0 saturated heterocycles. The van der Waals surface area contributed by atoms with E-state index < -0.39 is 11.7 Å². The van der Waals surface area contributed by atoms with Gasteiger partial charge in [-0.25, -0.2) is 0 Å². The highest BCUT2D eigenvalue weighted by atomic mass is 19.4. The molecule has 3 nitrogen and oxygen atoms in total. The molecule has 0 atom stereocenters. The predicted octanol–water partition coefficient (Wildman–Crippen LogP) is 8.05. The van der Waals surface area contributed by atoms with Crippen LogP contribution < -0.4 is 4.74 Å². The number of hydrogen-bond acceptors (Lipinski definition) is 3. The number of rotatable bonds is 12. The van der Waals surface area contributed by atoms with Crippen LogP contribution in [0, 0.1) is 0 Å². The second-order valence-electron chi connectivity index (χ2n) is 7.90. The van der Waals surface area contributed by atoms with E-state index in [1.54, 1.807) is 18.2 Å². The molecule has 0 radical (unpaired) electrons. The molecule has 1 heterocycles. The van der Waals surface area contributed by atoms with Gasteiger partial charge in [0.05, 0.1) is 12.2 Å². The van der Waals surface area contributed by atoms with Gasteiger partial charge in [0.1, 0.15) is 17.1 Å². The van der Waals surface area contributed by atoms with Gasteiger partial charge in [-0.1, -0.05) is 31.9 Å². The summed E-state index contributed by atoms with van der Waals surface area (Å²) < 4.78 is 58.3. The molecule has 1 aromatic heterocycles. The van der Waals surface area contributed by atoms with Gasteiger partial charge in [0.2, 0.25) is 0 Å². The van der Waals surface area contributed by atoms with Crippen LogP contribution in [0.5, 0.6) is 5.75 Å². The fourth-order valence-electron chi connectivity index (χ4n) is 3.65. The molecule has 6 heteroatoms. The van der Waals surface area contributed by atoms with Gasteiger partial charge in [0.15, 0.2) is 0 Å². The molecular formula is C26H31F3O3. The van der Waals surface area contributed by atoms with Crippen LogP contribution in [0.15, 0.2) is 46.9 Å². The Morgan fingerprint density at radius 1 is 0.875 bits per heavy atom. The van der Waals surface area contributed by atoms with Gasteiger partial charge in [-0.2, -0.15) is 13.2 Å². The third kappa shape index (κ3) is 6.52. The summed E-state index contributed by atoms with van der Waals surface area (Å²) in [7, 11) is 0. The topological polar surface area (TPSA) is 31.6 Å². The average Bonchev–Trinajstić information content (AvgIpc) is 3.19. The molecule has 3 aromatic rings. The van der Waals surface area contributed by atoms with Crippen molar-refractivity contribution in [3.05, 3.63) is 53.6 Å². The van der Waals surface area contributed by atoms with Crippen molar-refractivity contribution >= 4 is 11.0 Å². The van der Waals surface area contributed by atoms with E-state index in [0.29, 0.717) is 43.1 Å². The maximum Gasteiger partial charge on any atom is 0.417 e. The van der Waals surface area contributed by atoms with Crippen LogP contribution >= 0.6 is 0 Å². The highest BCUT2D eigenvalue weighted by molar-refractivity contribution is 5.84. The molecule has 0 N–H and O–H groups in total.